The maximum Gasteiger partial charge on any atom is 0.138 e. The van der Waals surface area contributed by atoms with Crippen LogP contribution >= 0.6 is 0 Å². The Morgan fingerprint density at radius 3 is 1.26 bits per heavy atom. The van der Waals surface area contributed by atoms with E-state index >= 15 is 0 Å². The maximum absolute atomic E-state index is 4.94. The highest BCUT2D eigenvalue weighted by molar-refractivity contribution is 5.88. The molecular formula is C36H40N6. The molecule has 0 atom stereocenters. The van der Waals surface area contributed by atoms with Crippen LogP contribution in [0.1, 0.15) is 24.0 Å². The minimum atomic E-state index is 0.901. The van der Waals surface area contributed by atoms with Gasteiger partial charge in [-0.05, 0) is 113 Å². The standard InChI is InChI=1S/C36H40N6/c1-41(2)21-5-7-25-9-13-27(14-10-25)35-37-31-19-17-29(23-33(31)39-35)30-18-20-32-34(24-30)40-36(38-32)28-15-11-26(12-16-28)8-6-22-42(3)4/h9-20,23-24H,5-8,21-22H2,1-4H3,(H,37,39)(H,38,40). The molecule has 0 saturated carbocycles. The molecule has 0 aliphatic rings. The van der Waals surface area contributed by atoms with Crippen molar-refractivity contribution < 1.29 is 0 Å². The lowest BCUT2D eigenvalue weighted by atomic mass is 10.0. The largest absolute Gasteiger partial charge is 0.338 e. The summed E-state index contributed by atoms with van der Waals surface area (Å²) in [5.74, 6) is 1.80. The van der Waals surface area contributed by atoms with Crippen molar-refractivity contribution in [1.29, 1.82) is 0 Å². The quantitative estimate of drug-likeness (QED) is 0.174. The van der Waals surface area contributed by atoms with Gasteiger partial charge >= 0.3 is 0 Å². The molecule has 0 spiro atoms. The molecule has 42 heavy (non-hydrogen) atoms. The van der Waals surface area contributed by atoms with E-state index in [1.807, 2.05) is 0 Å². The topological polar surface area (TPSA) is 63.8 Å². The van der Waals surface area contributed by atoms with Gasteiger partial charge in [0.1, 0.15) is 11.6 Å². The van der Waals surface area contributed by atoms with Crippen LogP contribution in [0.25, 0.3) is 56.0 Å². The van der Waals surface area contributed by atoms with Crippen LogP contribution in [0.3, 0.4) is 0 Å². The van der Waals surface area contributed by atoms with Gasteiger partial charge in [0.25, 0.3) is 0 Å². The Bertz CT molecular complexity index is 1640. The molecule has 0 aliphatic heterocycles. The van der Waals surface area contributed by atoms with E-state index in [-0.39, 0.29) is 0 Å². The second-order valence-electron chi connectivity index (χ2n) is 11.8. The van der Waals surface area contributed by atoms with Gasteiger partial charge in [-0.15, -0.1) is 0 Å². The zero-order valence-electron chi connectivity index (χ0n) is 25.1. The Kier molecular flexibility index (Phi) is 8.17. The average Bonchev–Trinajstić information content (AvgIpc) is 3.61. The summed E-state index contributed by atoms with van der Waals surface area (Å²) >= 11 is 0. The molecule has 2 aromatic heterocycles. The highest BCUT2D eigenvalue weighted by Crippen LogP contribution is 2.29. The zero-order valence-corrected chi connectivity index (χ0v) is 25.1. The second-order valence-corrected chi connectivity index (χ2v) is 11.8. The van der Waals surface area contributed by atoms with Crippen molar-refractivity contribution in [3.05, 3.63) is 96.1 Å². The minimum Gasteiger partial charge on any atom is -0.338 e. The molecule has 0 amide bonds. The number of aromatic nitrogens is 4. The van der Waals surface area contributed by atoms with E-state index < -0.39 is 0 Å². The number of H-pyrrole nitrogens is 2. The van der Waals surface area contributed by atoms with Gasteiger partial charge < -0.3 is 19.8 Å². The Balaban J connectivity index is 1.18. The lowest BCUT2D eigenvalue weighted by Gasteiger charge is -2.09. The summed E-state index contributed by atoms with van der Waals surface area (Å²) in [4.78, 5) is 21.3. The van der Waals surface area contributed by atoms with Gasteiger partial charge in [0.15, 0.2) is 0 Å². The van der Waals surface area contributed by atoms with Gasteiger partial charge in [-0.1, -0.05) is 60.7 Å². The Morgan fingerprint density at radius 1 is 0.500 bits per heavy atom. The van der Waals surface area contributed by atoms with Crippen LogP contribution in [-0.4, -0.2) is 71.0 Å². The summed E-state index contributed by atoms with van der Waals surface area (Å²) < 4.78 is 0. The average molecular weight is 557 g/mol. The van der Waals surface area contributed by atoms with Gasteiger partial charge in [-0.25, -0.2) is 9.97 Å². The lowest BCUT2D eigenvalue weighted by molar-refractivity contribution is 0.400. The third kappa shape index (κ3) is 6.46. The van der Waals surface area contributed by atoms with Crippen molar-refractivity contribution in [1.82, 2.24) is 29.7 Å². The highest BCUT2D eigenvalue weighted by Gasteiger charge is 2.10. The van der Waals surface area contributed by atoms with Crippen LogP contribution in [0.4, 0.5) is 0 Å². The van der Waals surface area contributed by atoms with Crippen molar-refractivity contribution in [3.8, 4) is 33.9 Å². The van der Waals surface area contributed by atoms with Crippen molar-refractivity contribution in [2.45, 2.75) is 25.7 Å². The number of nitrogens with one attached hydrogen (secondary N) is 2. The molecule has 6 rings (SSSR count). The van der Waals surface area contributed by atoms with Crippen LogP contribution < -0.4 is 0 Å². The molecule has 6 nitrogen and oxygen atoms in total. The summed E-state index contributed by atoms with van der Waals surface area (Å²) in [6, 6.07) is 30.4. The summed E-state index contributed by atoms with van der Waals surface area (Å²) in [7, 11) is 8.49. The van der Waals surface area contributed by atoms with Gasteiger partial charge in [-0.2, -0.15) is 0 Å². The molecule has 214 valence electrons. The predicted molar refractivity (Wildman–Crippen MR) is 176 cm³/mol. The van der Waals surface area contributed by atoms with Crippen molar-refractivity contribution in [3.63, 3.8) is 0 Å². The first-order valence-electron chi connectivity index (χ1n) is 14.9. The first kappa shape index (κ1) is 27.9. The normalized spacial score (nSPS) is 11.9. The first-order chi connectivity index (χ1) is 20.4. The monoisotopic (exact) mass is 556 g/mol. The number of rotatable bonds is 11. The fourth-order valence-corrected chi connectivity index (χ4v) is 5.50. The Labute approximate surface area is 248 Å². The van der Waals surface area contributed by atoms with Crippen molar-refractivity contribution in [2.24, 2.45) is 0 Å². The van der Waals surface area contributed by atoms with Crippen molar-refractivity contribution in [2.75, 3.05) is 41.3 Å². The SMILES string of the molecule is CN(C)CCCc1ccc(-c2nc3cc(-c4ccc5[nH]c(-c6ccc(CCCN(C)C)cc6)nc5c4)ccc3[nH]2)cc1. The van der Waals surface area contributed by atoms with E-state index in [0.29, 0.717) is 0 Å². The van der Waals surface area contributed by atoms with E-state index in [4.69, 9.17) is 9.97 Å². The predicted octanol–water partition coefficient (Wildman–Crippen LogP) is 7.43. The molecule has 4 aromatic carbocycles. The van der Waals surface area contributed by atoms with Gasteiger partial charge in [0.05, 0.1) is 22.1 Å². The minimum absolute atomic E-state index is 0.901. The third-order valence-electron chi connectivity index (χ3n) is 7.90. The van der Waals surface area contributed by atoms with Gasteiger partial charge in [0.2, 0.25) is 0 Å². The van der Waals surface area contributed by atoms with E-state index in [1.165, 1.54) is 11.1 Å². The number of hydrogen-bond donors (Lipinski definition) is 2. The molecule has 0 saturated heterocycles. The van der Waals surface area contributed by atoms with Crippen LogP contribution in [0.15, 0.2) is 84.9 Å². The summed E-state index contributed by atoms with van der Waals surface area (Å²) in [6.45, 7) is 2.21. The first-order valence-corrected chi connectivity index (χ1v) is 14.9. The van der Waals surface area contributed by atoms with Gasteiger partial charge in [0, 0.05) is 11.1 Å². The van der Waals surface area contributed by atoms with Crippen LogP contribution in [0.2, 0.25) is 0 Å². The Morgan fingerprint density at radius 2 is 0.881 bits per heavy atom. The highest BCUT2D eigenvalue weighted by atomic mass is 15.0. The van der Waals surface area contributed by atoms with Crippen LogP contribution in [0.5, 0.6) is 0 Å². The molecule has 0 radical (unpaired) electrons. The molecular weight excluding hydrogens is 516 g/mol. The summed E-state index contributed by atoms with van der Waals surface area (Å²) in [5, 5.41) is 0. The number of hydrogen-bond acceptors (Lipinski definition) is 4. The molecule has 0 unspecified atom stereocenters. The molecule has 6 heteroatoms. The van der Waals surface area contributed by atoms with E-state index in [2.05, 4.69) is 133 Å². The third-order valence-corrected chi connectivity index (χ3v) is 7.90. The van der Waals surface area contributed by atoms with Gasteiger partial charge in [-0.3, -0.25) is 0 Å². The fraction of sp³-hybridized carbons (Fsp3) is 0.278. The molecule has 2 heterocycles. The summed E-state index contributed by atoms with van der Waals surface area (Å²) in [6.07, 6.45) is 4.51. The number of fused-ring (bicyclic) bond motifs is 2. The van der Waals surface area contributed by atoms with E-state index in [1.54, 1.807) is 0 Å². The zero-order chi connectivity index (χ0) is 29.1. The number of imidazole rings is 2. The number of benzene rings is 4. The van der Waals surface area contributed by atoms with Crippen molar-refractivity contribution >= 4 is 22.1 Å². The summed E-state index contributed by atoms with van der Waals surface area (Å²) in [5.41, 5.74) is 11.2. The van der Waals surface area contributed by atoms with Crippen LogP contribution in [0, 0.1) is 0 Å². The fourth-order valence-electron chi connectivity index (χ4n) is 5.50. The lowest BCUT2D eigenvalue weighted by Crippen LogP contribution is -2.13. The van der Waals surface area contributed by atoms with E-state index in [0.717, 1.165) is 94.7 Å². The number of nitrogens with zero attached hydrogens (tertiary/aromatic N) is 4. The second kappa shape index (κ2) is 12.3. The molecule has 0 fully saturated rings. The van der Waals surface area contributed by atoms with Crippen LogP contribution in [-0.2, 0) is 12.8 Å². The molecule has 0 bridgehead atoms. The molecule has 0 aliphatic carbocycles. The molecule has 6 aromatic rings. The maximum atomic E-state index is 4.94. The Hall–Kier alpha value is -4.26. The molecule has 2 N–H and O–H groups in total. The number of aryl methyl sites for hydroxylation is 2. The van der Waals surface area contributed by atoms with E-state index in [9.17, 15) is 0 Å². The number of aromatic amines is 2. The smallest absolute Gasteiger partial charge is 0.138 e.